The number of nitrogens with zero attached hydrogens (tertiary/aromatic N) is 1. The zero-order chi connectivity index (χ0) is 19.7. The summed E-state index contributed by atoms with van der Waals surface area (Å²) in [6.45, 7) is -0.0281. The zero-order valence-corrected chi connectivity index (χ0v) is 14.3. The molecule has 2 aliphatic rings. The van der Waals surface area contributed by atoms with E-state index in [9.17, 15) is 19.7 Å². The molecular formula is C18H13NO9. The zero-order valence-electron chi connectivity index (χ0n) is 14.3. The van der Waals surface area contributed by atoms with Crippen LogP contribution in [0.25, 0.3) is 0 Å². The number of hydrogen-bond donors (Lipinski definition) is 0. The average molecular weight is 387 g/mol. The molecule has 28 heavy (non-hydrogen) atoms. The molecule has 0 aliphatic carbocycles. The Morgan fingerprint density at radius 1 is 0.964 bits per heavy atom. The second-order valence-electron chi connectivity index (χ2n) is 5.84. The molecule has 0 bridgehead atoms. The fourth-order valence-corrected chi connectivity index (χ4v) is 2.75. The lowest BCUT2D eigenvalue weighted by molar-refractivity contribution is -0.385. The van der Waals surface area contributed by atoms with Crippen LogP contribution in [0.15, 0.2) is 30.3 Å². The topological polar surface area (TPSA) is 123 Å². The van der Waals surface area contributed by atoms with Crippen molar-refractivity contribution in [1.29, 1.82) is 0 Å². The van der Waals surface area contributed by atoms with E-state index in [0.29, 0.717) is 11.5 Å². The van der Waals surface area contributed by atoms with E-state index in [1.807, 2.05) is 0 Å². The normalized spacial score (nSPS) is 13.7. The molecule has 0 N–H and O–H groups in total. The number of esters is 1. The highest BCUT2D eigenvalue weighted by atomic mass is 16.7. The van der Waals surface area contributed by atoms with Crippen LogP contribution in [0.3, 0.4) is 0 Å². The van der Waals surface area contributed by atoms with Crippen LogP contribution in [0.4, 0.5) is 5.69 Å². The Bertz CT molecular complexity index is 985. The molecule has 2 aromatic carbocycles. The number of fused-ring (bicyclic) bond motifs is 2. The Balaban J connectivity index is 1.50. The summed E-state index contributed by atoms with van der Waals surface area (Å²) in [6, 6.07) is 6.84. The van der Waals surface area contributed by atoms with Gasteiger partial charge in [-0.15, -0.1) is 0 Å². The number of ketones is 1. The molecule has 4 rings (SSSR count). The van der Waals surface area contributed by atoms with Gasteiger partial charge < -0.3 is 23.7 Å². The Morgan fingerprint density at radius 2 is 1.64 bits per heavy atom. The van der Waals surface area contributed by atoms with Crippen molar-refractivity contribution in [3.63, 3.8) is 0 Å². The Labute approximate surface area is 157 Å². The van der Waals surface area contributed by atoms with E-state index in [1.165, 1.54) is 18.2 Å². The molecule has 10 nitrogen and oxygen atoms in total. The minimum absolute atomic E-state index is 0.0652. The SMILES string of the molecule is O=C(COC(=O)c1cc2c(cc1[N+](=O)[O-])OCCO2)c1ccc2c(c1)OCO2. The number of Topliss-reactive ketones (excluding diaryl/α,β-unsaturated/α-hetero) is 1. The predicted octanol–water partition coefficient (Wildman–Crippen LogP) is 2.13. The molecule has 2 heterocycles. The predicted molar refractivity (Wildman–Crippen MR) is 91.3 cm³/mol. The Morgan fingerprint density at radius 3 is 2.39 bits per heavy atom. The van der Waals surface area contributed by atoms with E-state index < -0.39 is 29.0 Å². The first-order chi connectivity index (χ1) is 13.5. The van der Waals surface area contributed by atoms with Crippen LogP contribution in [0.5, 0.6) is 23.0 Å². The van der Waals surface area contributed by atoms with Gasteiger partial charge in [-0.05, 0) is 18.2 Å². The lowest BCUT2D eigenvalue weighted by Crippen LogP contribution is -2.18. The smallest absolute Gasteiger partial charge is 0.345 e. The molecule has 144 valence electrons. The molecule has 2 aliphatic heterocycles. The number of nitro groups is 1. The third-order valence-corrected chi connectivity index (χ3v) is 4.11. The lowest BCUT2D eigenvalue weighted by Gasteiger charge is -2.18. The molecule has 10 heteroatoms. The second kappa shape index (κ2) is 7.06. The Hall–Kier alpha value is -3.82. The molecule has 0 unspecified atom stereocenters. The average Bonchev–Trinajstić information content (AvgIpc) is 3.18. The van der Waals surface area contributed by atoms with E-state index in [-0.39, 0.29) is 42.6 Å². The van der Waals surface area contributed by atoms with Crippen molar-refractivity contribution in [3.8, 4) is 23.0 Å². The van der Waals surface area contributed by atoms with Gasteiger partial charge in [0.05, 0.1) is 11.0 Å². The fourth-order valence-electron chi connectivity index (χ4n) is 2.75. The van der Waals surface area contributed by atoms with Crippen molar-refractivity contribution in [3.05, 3.63) is 51.6 Å². The minimum atomic E-state index is -1.02. The van der Waals surface area contributed by atoms with Gasteiger partial charge in [0.25, 0.3) is 5.69 Å². The summed E-state index contributed by atoms with van der Waals surface area (Å²) < 4.78 is 26.0. The maximum absolute atomic E-state index is 12.4. The molecule has 0 atom stereocenters. The largest absolute Gasteiger partial charge is 0.486 e. The van der Waals surface area contributed by atoms with E-state index in [1.54, 1.807) is 6.07 Å². The summed E-state index contributed by atoms with van der Waals surface area (Å²) >= 11 is 0. The molecule has 0 saturated heterocycles. The summed E-state index contributed by atoms with van der Waals surface area (Å²) in [4.78, 5) is 35.2. The van der Waals surface area contributed by atoms with Gasteiger partial charge in [0.2, 0.25) is 6.79 Å². The van der Waals surface area contributed by atoms with Crippen LogP contribution < -0.4 is 18.9 Å². The third-order valence-electron chi connectivity index (χ3n) is 4.11. The number of ether oxygens (including phenoxy) is 5. The maximum Gasteiger partial charge on any atom is 0.345 e. The summed E-state index contributed by atoms with van der Waals surface area (Å²) in [5.74, 6) is -0.207. The van der Waals surface area contributed by atoms with E-state index >= 15 is 0 Å². The first kappa shape index (κ1) is 17.6. The highest BCUT2D eigenvalue weighted by molar-refractivity contribution is 6.01. The summed E-state index contributed by atoms with van der Waals surface area (Å²) in [5.41, 5.74) is -0.564. The number of carbonyl (C=O) groups is 2. The van der Waals surface area contributed by atoms with E-state index in [2.05, 4.69) is 0 Å². The van der Waals surface area contributed by atoms with Crippen LogP contribution in [0.2, 0.25) is 0 Å². The van der Waals surface area contributed by atoms with Crippen LogP contribution in [-0.4, -0.2) is 43.3 Å². The molecule has 2 aromatic rings. The highest BCUT2D eigenvalue weighted by Crippen LogP contribution is 2.37. The monoisotopic (exact) mass is 387 g/mol. The second-order valence-corrected chi connectivity index (χ2v) is 5.84. The number of rotatable bonds is 5. The maximum atomic E-state index is 12.4. The summed E-state index contributed by atoms with van der Waals surface area (Å²) in [7, 11) is 0. The molecular weight excluding hydrogens is 374 g/mol. The van der Waals surface area contributed by atoms with Crippen molar-refractivity contribution in [2.24, 2.45) is 0 Å². The first-order valence-electron chi connectivity index (χ1n) is 8.21. The van der Waals surface area contributed by atoms with Gasteiger partial charge in [0, 0.05) is 11.6 Å². The number of hydrogen-bond acceptors (Lipinski definition) is 9. The van der Waals surface area contributed by atoms with Gasteiger partial charge in [0.1, 0.15) is 18.8 Å². The van der Waals surface area contributed by atoms with Crippen LogP contribution in [0.1, 0.15) is 20.7 Å². The van der Waals surface area contributed by atoms with Gasteiger partial charge in [-0.3, -0.25) is 14.9 Å². The molecule has 0 aromatic heterocycles. The molecule has 0 fully saturated rings. The fraction of sp³-hybridized carbons (Fsp3) is 0.222. The highest BCUT2D eigenvalue weighted by Gasteiger charge is 2.28. The Kier molecular flexibility index (Phi) is 4.44. The van der Waals surface area contributed by atoms with Gasteiger partial charge in [-0.2, -0.15) is 0 Å². The molecule has 0 saturated carbocycles. The van der Waals surface area contributed by atoms with Gasteiger partial charge in [0.15, 0.2) is 35.4 Å². The quantitative estimate of drug-likeness (QED) is 0.328. The number of carbonyl (C=O) groups excluding carboxylic acids is 2. The van der Waals surface area contributed by atoms with Crippen LogP contribution >= 0.6 is 0 Å². The lowest BCUT2D eigenvalue weighted by atomic mass is 10.1. The number of nitro benzene ring substituents is 1. The minimum Gasteiger partial charge on any atom is -0.486 e. The molecule has 0 spiro atoms. The standard InChI is InChI=1S/C18H13NO9/c20-13(10-1-2-14-15(5-10)28-9-27-14)8-26-18(21)11-6-16-17(25-4-3-24-16)7-12(11)19(22)23/h1-2,5-7H,3-4,8-9H2. The van der Waals surface area contributed by atoms with Crippen LogP contribution in [-0.2, 0) is 4.74 Å². The van der Waals surface area contributed by atoms with Gasteiger partial charge in [-0.25, -0.2) is 4.79 Å². The van der Waals surface area contributed by atoms with E-state index in [0.717, 1.165) is 6.07 Å². The molecule has 0 amide bonds. The van der Waals surface area contributed by atoms with Crippen molar-refractivity contribution in [2.75, 3.05) is 26.6 Å². The number of benzene rings is 2. The van der Waals surface area contributed by atoms with Crippen molar-refractivity contribution < 1.29 is 38.2 Å². The summed E-state index contributed by atoms with van der Waals surface area (Å²) in [6.07, 6.45) is 0. The van der Waals surface area contributed by atoms with Crippen molar-refractivity contribution in [2.45, 2.75) is 0 Å². The van der Waals surface area contributed by atoms with Gasteiger partial charge in [-0.1, -0.05) is 0 Å². The van der Waals surface area contributed by atoms with Crippen molar-refractivity contribution in [1.82, 2.24) is 0 Å². The van der Waals surface area contributed by atoms with Gasteiger partial charge >= 0.3 is 5.97 Å². The van der Waals surface area contributed by atoms with Crippen molar-refractivity contribution >= 4 is 17.4 Å². The third kappa shape index (κ3) is 3.27. The summed E-state index contributed by atoms with van der Waals surface area (Å²) in [5, 5.41) is 11.3. The first-order valence-corrected chi connectivity index (χ1v) is 8.21. The van der Waals surface area contributed by atoms with E-state index in [4.69, 9.17) is 23.7 Å². The molecule has 0 radical (unpaired) electrons. The van der Waals surface area contributed by atoms with Crippen LogP contribution in [0, 0.1) is 10.1 Å².